The predicted octanol–water partition coefficient (Wildman–Crippen LogP) is 4.56. The topological polar surface area (TPSA) is 53.2 Å². The molecule has 114 valence electrons. The van der Waals surface area contributed by atoms with E-state index in [2.05, 4.69) is 34.9 Å². The van der Waals surface area contributed by atoms with Gasteiger partial charge in [0.05, 0.1) is 29.9 Å². The number of allylic oxidation sites excluding steroid dienone is 2. The van der Waals surface area contributed by atoms with Crippen molar-refractivity contribution in [3.8, 4) is 17.1 Å². The lowest BCUT2D eigenvalue weighted by molar-refractivity contribution is 0.414. The second-order valence-corrected chi connectivity index (χ2v) is 5.25. The minimum absolute atomic E-state index is 0.827. The molecule has 0 saturated heterocycles. The Morgan fingerprint density at radius 3 is 2.73 bits per heavy atom. The van der Waals surface area contributed by atoms with Crippen LogP contribution >= 0.6 is 0 Å². The summed E-state index contributed by atoms with van der Waals surface area (Å²) in [5.41, 5.74) is 6.66. The lowest BCUT2D eigenvalue weighted by Gasteiger charge is -2.04. The number of aromatic amines is 2. The Kier molecular flexibility index (Phi) is 4.00. The highest BCUT2D eigenvalue weighted by atomic mass is 16.5. The Labute approximate surface area is 130 Å². The zero-order chi connectivity index (χ0) is 15.5. The average molecular weight is 295 g/mol. The number of H-pyrrole nitrogens is 2. The van der Waals surface area contributed by atoms with Crippen molar-refractivity contribution in [1.29, 1.82) is 0 Å². The predicted molar refractivity (Wildman–Crippen MR) is 91.2 cm³/mol. The fourth-order valence-corrected chi connectivity index (χ4v) is 2.81. The Morgan fingerprint density at radius 2 is 2.09 bits per heavy atom. The molecule has 0 amide bonds. The Morgan fingerprint density at radius 1 is 1.23 bits per heavy atom. The molecule has 0 saturated carbocycles. The summed E-state index contributed by atoms with van der Waals surface area (Å²) >= 11 is 0. The van der Waals surface area contributed by atoms with Crippen molar-refractivity contribution in [2.24, 2.45) is 4.99 Å². The van der Waals surface area contributed by atoms with Gasteiger partial charge in [-0.3, -0.25) is 4.99 Å². The maximum absolute atomic E-state index is 5.50. The van der Waals surface area contributed by atoms with Gasteiger partial charge in [-0.05, 0) is 42.2 Å². The lowest BCUT2D eigenvalue weighted by atomic mass is 10.0. The fraction of sp³-hybridized carbons (Fsp3) is 0.278. The molecule has 3 rings (SSSR count). The van der Waals surface area contributed by atoms with Crippen molar-refractivity contribution in [1.82, 2.24) is 9.97 Å². The van der Waals surface area contributed by atoms with Gasteiger partial charge in [0.2, 0.25) is 0 Å². The minimum Gasteiger partial charge on any atom is -0.494 e. The number of aromatic nitrogens is 2. The average Bonchev–Trinajstić information content (AvgIpc) is 3.26. The molecule has 1 aliphatic heterocycles. The molecule has 0 bridgehead atoms. The number of nitrogens with one attached hydrogen (secondary N) is 2. The molecule has 0 radical (unpaired) electrons. The normalized spacial score (nSPS) is 16.0. The molecule has 4 heteroatoms. The van der Waals surface area contributed by atoms with Crippen LogP contribution < -0.4 is 4.74 Å². The molecule has 2 N–H and O–H groups in total. The molecule has 2 aromatic rings. The minimum atomic E-state index is 0.827. The van der Waals surface area contributed by atoms with E-state index in [1.54, 1.807) is 7.11 Å². The van der Waals surface area contributed by atoms with E-state index >= 15 is 0 Å². The first-order valence-corrected chi connectivity index (χ1v) is 7.65. The van der Waals surface area contributed by atoms with E-state index in [4.69, 9.17) is 4.74 Å². The van der Waals surface area contributed by atoms with Crippen LogP contribution in [-0.2, 0) is 0 Å². The van der Waals surface area contributed by atoms with Gasteiger partial charge in [0.25, 0.3) is 0 Å². The highest BCUT2D eigenvalue weighted by Gasteiger charge is 2.15. The van der Waals surface area contributed by atoms with Crippen LogP contribution in [0.5, 0.6) is 5.75 Å². The highest BCUT2D eigenvalue weighted by Crippen LogP contribution is 2.32. The highest BCUT2D eigenvalue weighted by molar-refractivity contribution is 5.88. The molecule has 1 aliphatic rings. The van der Waals surface area contributed by atoms with Crippen LogP contribution in [0.3, 0.4) is 0 Å². The first-order chi connectivity index (χ1) is 10.8. The molecule has 2 aromatic heterocycles. The van der Waals surface area contributed by atoms with Crippen LogP contribution in [-0.4, -0.2) is 23.3 Å². The molecule has 22 heavy (non-hydrogen) atoms. The number of methoxy groups -OCH3 is 1. The van der Waals surface area contributed by atoms with Crippen molar-refractivity contribution in [2.45, 2.75) is 26.7 Å². The fourth-order valence-electron chi connectivity index (χ4n) is 2.81. The molecule has 0 spiro atoms. The summed E-state index contributed by atoms with van der Waals surface area (Å²) in [5.74, 6) is 0.827. The number of nitrogens with zero attached hydrogens (tertiary/aromatic N) is 1. The maximum atomic E-state index is 5.50. The number of rotatable bonds is 5. The largest absolute Gasteiger partial charge is 0.494 e. The van der Waals surface area contributed by atoms with E-state index in [9.17, 15) is 0 Å². The molecule has 3 heterocycles. The summed E-state index contributed by atoms with van der Waals surface area (Å²) in [6.07, 6.45) is 7.96. The van der Waals surface area contributed by atoms with E-state index in [1.165, 1.54) is 11.1 Å². The van der Waals surface area contributed by atoms with Crippen LogP contribution in [0.15, 0.2) is 46.2 Å². The van der Waals surface area contributed by atoms with Crippen molar-refractivity contribution in [2.75, 3.05) is 7.11 Å². The van der Waals surface area contributed by atoms with E-state index in [-0.39, 0.29) is 0 Å². The van der Waals surface area contributed by atoms with Gasteiger partial charge in [-0.25, -0.2) is 0 Å². The third kappa shape index (κ3) is 2.52. The van der Waals surface area contributed by atoms with E-state index in [0.717, 1.165) is 41.4 Å². The SMILES string of the molecule is CCC1=C(CC)/C(=C\c2[nH]c(-c3ccc[nH]3)cc2OC)N=C1. The van der Waals surface area contributed by atoms with Gasteiger partial charge in [-0.1, -0.05) is 13.8 Å². The first-order valence-electron chi connectivity index (χ1n) is 7.65. The van der Waals surface area contributed by atoms with E-state index in [0.29, 0.717) is 0 Å². The summed E-state index contributed by atoms with van der Waals surface area (Å²) in [7, 11) is 1.69. The van der Waals surface area contributed by atoms with Gasteiger partial charge >= 0.3 is 0 Å². The molecular weight excluding hydrogens is 274 g/mol. The van der Waals surface area contributed by atoms with Crippen molar-refractivity contribution in [3.05, 3.63) is 46.9 Å². The Bertz CT molecular complexity index is 745. The second kappa shape index (κ2) is 6.10. The molecule has 0 atom stereocenters. The summed E-state index contributed by atoms with van der Waals surface area (Å²) in [5, 5.41) is 0. The molecule has 0 aliphatic carbocycles. The van der Waals surface area contributed by atoms with Crippen LogP contribution in [0.2, 0.25) is 0 Å². The molecule has 0 fully saturated rings. The van der Waals surface area contributed by atoms with E-state index < -0.39 is 0 Å². The summed E-state index contributed by atoms with van der Waals surface area (Å²) in [6, 6.07) is 6.02. The third-order valence-corrected chi connectivity index (χ3v) is 3.99. The van der Waals surface area contributed by atoms with Crippen LogP contribution in [0.25, 0.3) is 17.5 Å². The monoisotopic (exact) mass is 295 g/mol. The second-order valence-electron chi connectivity index (χ2n) is 5.25. The van der Waals surface area contributed by atoms with Gasteiger partial charge in [0.1, 0.15) is 5.75 Å². The third-order valence-electron chi connectivity index (χ3n) is 3.99. The van der Waals surface area contributed by atoms with Crippen LogP contribution in [0.4, 0.5) is 0 Å². The number of aliphatic imine (C=N–C) groups is 1. The Balaban J connectivity index is 2.01. The first kappa shape index (κ1) is 14.4. The molecular formula is C18H21N3O. The summed E-state index contributed by atoms with van der Waals surface area (Å²) in [6.45, 7) is 4.34. The van der Waals surface area contributed by atoms with E-state index in [1.807, 2.05) is 30.6 Å². The van der Waals surface area contributed by atoms with Crippen LogP contribution in [0, 0.1) is 0 Å². The van der Waals surface area contributed by atoms with Gasteiger partial charge in [0.15, 0.2) is 0 Å². The molecule has 0 unspecified atom stereocenters. The zero-order valence-electron chi connectivity index (χ0n) is 13.2. The lowest BCUT2D eigenvalue weighted by Crippen LogP contribution is -1.88. The molecule has 4 nitrogen and oxygen atoms in total. The zero-order valence-corrected chi connectivity index (χ0v) is 13.2. The standard InChI is InChI=1S/C18H21N3O/c1-4-12-11-20-15(13(12)5-2)9-17-18(22-3)10-16(21-17)14-7-6-8-19-14/h6-11,19,21H,4-5H2,1-3H3/b15-9+. The van der Waals surface area contributed by atoms with Gasteiger partial charge < -0.3 is 14.7 Å². The summed E-state index contributed by atoms with van der Waals surface area (Å²) < 4.78 is 5.50. The maximum Gasteiger partial charge on any atom is 0.144 e. The van der Waals surface area contributed by atoms with Crippen LogP contribution in [0.1, 0.15) is 32.4 Å². The Hall–Kier alpha value is -2.49. The smallest absolute Gasteiger partial charge is 0.144 e. The van der Waals surface area contributed by atoms with Gasteiger partial charge in [-0.15, -0.1) is 0 Å². The van der Waals surface area contributed by atoms with Crippen molar-refractivity contribution >= 4 is 12.3 Å². The van der Waals surface area contributed by atoms with Crippen molar-refractivity contribution in [3.63, 3.8) is 0 Å². The number of ether oxygens (including phenoxy) is 1. The van der Waals surface area contributed by atoms with Gasteiger partial charge in [0, 0.05) is 18.5 Å². The quantitative estimate of drug-likeness (QED) is 0.834. The van der Waals surface area contributed by atoms with Gasteiger partial charge in [-0.2, -0.15) is 0 Å². The van der Waals surface area contributed by atoms with Crippen molar-refractivity contribution < 1.29 is 4.74 Å². The molecule has 0 aromatic carbocycles. The number of hydrogen-bond donors (Lipinski definition) is 2. The number of hydrogen-bond acceptors (Lipinski definition) is 2. The summed E-state index contributed by atoms with van der Waals surface area (Å²) in [4.78, 5) is 11.2.